The number of ether oxygens (including phenoxy) is 1. The van der Waals surface area contributed by atoms with Crippen molar-refractivity contribution in [3.8, 4) is 0 Å². The van der Waals surface area contributed by atoms with Crippen molar-refractivity contribution in [1.29, 1.82) is 0 Å². The fourth-order valence-corrected chi connectivity index (χ4v) is 3.90. The van der Waals surface area contributed by atoms with Gasteiger partial charge in [-0.25, -0.2) is 0 Å². The number of carbonyl (C=O) groups excluding carboxylic acids is 2. The normalized spacial score (nSPS) is 21.8. The summed E-state index contributed by atoms with van der Waals surface area (Å²) in [6.45, 7) is 3.68. The van der Waals surface area contributed by atoms with E-state index in [0.717, 1.165) is 24.6 Å². The standard InChI is InChI=1S/C15H23N5O3S/c21-14(1-2-18-11-16-17-12-18)20-3-6-23-10-13(20)9-15(22)19-4-7-24-8-5-19/h11-13H,1-10H2/t13-/m1/s1. The van der Waals surface area contributed by atoms with Gasteiger partial charge >= 0.3 is 0 Å². The molecular weight excluding hydrogens is 330 g/mol. The number of aryl methyl sites for hydroxylation is 1. The van der Waals surface area contributed by atoms with Crippen LogP contribution in [-0.2, 0) is 20.9 Å². The van der Waals surface area contributed by atoms with Gasteiger partial charge in [0.2, 0.25) is 11.8 Å². The fourth-order valence-electron chi connectivity index (χ4n) is 3.00. The lowest BCUT2D eigenvalue weighted by molar-refractivity contribution is -0.143. The number of morpholine rings is 1. The molecule has 8 nitrogen and oxygen atoms in total. The first-order chi connectivity index (χ1) is 11.7. The maximum atomic E-state index is 12.5. The number of nitrogens with zero attached hydrogens (tertiary/aromatic N) is 5. The van der Waals surface area contributed by atoms with Crippen molar-refractivity contribution in [2.75, 3.05) is 44.4 Å². The van der Waals surface area contributed by atoms with Crippen LogP contribution in [0.5, 0.6) is 0 Å². The lowest BCUT2D eigenvalue weighted by atomic mass is 10.1. The molecule has 2 amide bonds. The van der Waals surface area contributed by atoms with E-state index in [9.17, 15) is 9.59 Å². The van der Waals surface area contributed by atoms with Crippen molar-refractivity contribution < 1.29 is 14.3 Å². The monoisotopic (exact) mass is 353 g/mol. The van der Waals surface area contributed by atoms with E-state index < -0.39 is 0 Å². The second-order valence-corrected chi connectivity index (χ2v) is 7.19. The molecule has 0 radical (unpaired) electrons. The molecule has 3 heterocycles. The fraction of sp³-hybridized carbons (Fsp3) is 0.733. The summed E-state index contributed by atoms with van der Waals surface area (Å²) >= 11 is 1.88. The molecule has 0 aromatic carbocycles. The van der Waals surface area contributed by atoms with E-state index in [-0.39, 0.29) is 17.9 Å². The maximum absolute atomic E-state index is 12.5. The van der Waals surface area contributed by atoms with Gasteiger partial charge in [-0.2, -0.15) is 11.8 Å². The third-order valence-electron chi connectivity index (χ3n) is 4.37. The summed E-state index contributed by atoms with van der Waals surface area (Å²) in [4.78, 5) is 28.7. The summed E-state index contributed by atoms with van der Waals surface area (Å²) in [6, 6.07) is -0.158. The van der Waals surface area contributed by atoms with Gasteiger partial charge in [-0.05, 0) is 0 Å². The van der Waals surface area contributed by atoms with Crippen LogP contribution in [0.15, 0.2) is 12.7 Å². The van der Waals surface area contributed by atoms with Crippen LogP contribution >= 0.6 is 11.8 Å². The highest BCUT2D eigenvalue weighted by Gasteiger charge is 2.30. The van der Waals surface area contributed by atoms with Gasteiger partial charge in [0.25, 0.3) is 0 Å². The van der Waals surface area contributed by atoms with Gasteiger partial charge in [-0.15, -0.1) is 10.2 Å². The Kier molecular flexibility index (Phi) is 6.08. The van der Waals surface area contributed by atoms with E-state index in [1.54, 1.807) is 17.2 Å². The Labute approximate surface area is 145 Å². The molecule has 2 aliphatic heterocycles. The lowest BCUT2D eigenvalue weighted by Crippen LogP contribution is -2.51. The van der Waals surface area contributed by atoms with E-state index in [1.165, 1.54) is 0 Å². The van der Waals surface area contributed by atoms with Crippen LogP contribution in [0.2, 0.25) is 0 Å². The number of hydrogen-bond acceptors (Lipinski definition) is 6. The van der Waals surface area contributed by atoms with Crippen molar-refractivity contribution >= 4 is 23.6 Å². The Morgan fingerprint density at radius 3 is 2.62 bits per heavy atom. The summed E-state index contributed by atoms with van der Waals surface area (Å²) in [6.07, 6.45) is 3.93. The van der Waals surface area contributed by atoms with E-state index >= 15 is 0 Å². The molecule has 24 heavy (non-hydrogen) atoms. The molecule has 0 spiro atoms. The summed E-state index contributed by atoms with van der Waals surface area (Å²) < 4.78 is 7.29. The van der Waals surface area contributed by atoms with Gasteiger partial charge in [0.15, 0.2) is 0 Å². The molecule has 0 aliphatic carbocycles. The zero-order valence-corrected chi connectivity index (χ0v) is 14.5. The summed E-state index contributed by atoms with van der Waals surface area (Å²) in [5.74, 6) is 2.17. The second kappa shape index (κ2) is 8.48. The third-order valence-corrected chi connectivity index (χ3v) is 5.31. The SMILES string of the molecule is O=C(C[C@@H]1COCCN1C(=O)CCn1cnnc1)N1CCSCC1. The molecule has 1 aromatic rings. The number of rotatable bonds is 5. The quantitative estimate of drug-likeness (QED) is 0.733. The molecule has 3 rings (SSSR count). The molecular formula is C15H23N5O3S. The Morgan fingerprint density at radius 1 is 1.12 bits per heavy atom. The van der Waals surface area contributed by atoms with Crippen molar-refractivity contribution in [3.05, 3.63) is 12.7 Å². The van der Waals surface area contributed by atoms with Gasteiger partial charge < -0.3 is 19.1 Å². The van der Waals surface area contributed by atoms with E-state index in [1.807, 2.05) is 21.6 Å². The van der Waals surface area contributed by atoms with Crippen LogP contribution in [0.25, 0.3) is 0 Å². The molecule has 2 fully saturated rings. The van der Waals surface area contributed by atoms with Crippen LogP contribution in [0, 0.1) is 0 Å². The minimum absolute atomic E-state index is 0.0546. The van der Waals surface area contributed by atoms with Gasteiger partial charge in [0, 0.05) is 50.5 Å². The zero-order valence-electron chi connectivity index (χ0n) is 13.7. The average Bonchev–Trinajstić information content (AvgIpc) is 3.14. The molecule has 2 saturated heterocycles. The van der Waals surface area contributed by atoms with Gasteiger partial charge in [0.05, 0.1) is 19.3 Å². The summed E-state index contributed by atoms with van der Waals surface area (Å²) in [7, 11) is 0. The molecule has 0 unspecified atom stereocenters. The third kappa shape index (κ3) is 4.47. The zero-order chi connectivity index (χ0) is 16.8. The van der Waals surface area contributed by atoms with Crippen molar-refractivity contribution in [1.82, 2.24) is 24.6 Å². The molecule has 9 heteroatoms. The molecule has 0 saturated carbocycles. The average molecular weight is 353 g/mol. The van der Waals surface area contributed by atoms with Crippen molar-refractivity contribution in [2.45, 2.75) is 25.4 Å². The first kappa shape index (κ1) is 17.2. The van der Waals surface area contributed by atoms with Gasteiger partial charge in [-0.3, -0.25) is 9.59 Å². The topological polar surface area (TPSA) is 80.6 Å². The van der Waals surface area contributed by atoms with Crippen molar-refractivity contribution in [2.24, 2.45) is 0 Å². The molecule has 2 aliphatic rings. The highest BCUT2D eigenvalue weighted by Crippen LogP contribution is 2.16. The summed E-state index contributed by atoms with van der Waals surface area (Å²) in [5, 5.41) is 7.47. The van der Waals surface area contributed by atoms with Crippen LogP contribution in [0.1, 0.15) is 12.8 Å². The van der Waals surface area contributed by atoms with E-state index in [0.29, 0.717) is 39.1 Å². The predicted octanol–water partition coefficient (Wildman–Crippen LogP) is -0.139. The molecule has 132 valence electrons. The predicted molar refractivity (Wildman–Crippen MR) is 89.5 cm³/mol. The smallest absolute Gasteiger partial charge is 0.224 e. The largest absolute Gasteiger partial charge is 0.377 e. The Balaban J connectivity index is 1.53. The number of amides is 2. The highest BCUT2D eigenvalue weighted by atomic mass is 32.2. The Hall–Kier alpha value is -1.61. The molecule has 0 N–H and O–H groups in total. The maximum Gasteiger partial charge on any atom is 0.224 e. The van der Waals surface area contributed by atoms with E-state index in [4.69, 9.17) is 4.74 Å². The molecule has 1 atom stereocenters. The van der Waals surface area contributed by atoms with Crippen LogP contribution < -0.4 is 0 Å². The summed E-state index contributed by atoms with van der Waals surface area (Å²) in [5.41, 5.74) is 0. The van der Waals surface area contributed by atoms with Crippen LogP contribution in [0.3, 0.4) is 0 Å². The number of aromatic nitrogens is 3. The van der Waals surface area contributed by atoms with Gasteiger partial charge in [0.1, 0.15) is 12.7 Å². The Bertz CT molecular complexity index is 547. The lowest BCUT2D eigenvalue weighted by Gasteiger charge is -2.37. The second-order valence-electron chi connectivity index (χ2n) is 5.96. The van der Waals surface area contributed by atoms with Crippen molar-refractivity contribution in [3.63, 3.8) is 0 Å². The first-order valence-electron chi connectivity index (χ1n) is 8.29. The minimum Gasteiger partial charge on any atom is -0.377 e. The number of hydrogen-bond donors (Lipinski definition) is 0. The van der Waals surface area contributed by atoms with Crippen LogP contribution in [0.4, 0.5) is 0 Å². The Morgan fingerprint density at radius 2 is 1.88 bits per heavy atom. The van der Waals surface area contributed by atoms with E-state index in [2.05, 4.69) is 10.2 Å². The first-order valence-corrected chi connectivity index (χ1v) is 9.44. The van der Waals surface area contributed by atoms with Gasteiger partial charge in [-0.1, -0.05) is 0 Å². The molecule has 1 aromatic heterocycles. The molecule has 0 bridgehead atoms. The number of carbonyl (C=O) groups is 2. The number of thioether (sulfide) groups is 1. The minimum atomic E-state index is -0.158. The van der Waals surface area contributed by atoms with Crippen LogP contribution in [-0.4, -0.2) is 86.8 Å². The highest BCUT2D eigenvalue weighted by molar-refractivity contribution is 7.99.